The molecule has 0 saturated carbocycles. The Hall–Kier alpha value is -2.74. The lowest BCUT2D eigenvalue weighted by molar-refractivity contribution is 0.640. The zero-order valence-corrected chi connectivity index (χ0v) is 13.4. The Morgan fingerprint density at radius 1 is 0.783 bits per heavy atom. The molecule has 0 bridgehead atoms. The van der Waals surface area contributed by atoms with Crippen molar-refractivity contribution in [2.75, 3.05) is 11.1 Å². The van der Waals surface area contributed by atoms with Gasteiger partial charge in [0.25, 0.3) is 0 Å². The lowest BCUT2D eigenvalue weighted by Crippen LogP contribution is -2.26. The number of nitrogen functional groups attached to an aromatic ring is 1. The van der Waals surface area contributed by atoms with Crippen LogP contribution in [0.4, 0.5) is 17.1 Å². The Balaban J connectivity index is 1.96. The fraction of sp³-hybridized carbons (Fsp3) is 0.143. The lowest BCUT2D eigenvalue weighted by atomic mass is 9.71. The van der Waals surface area contributed by atoms with Gasteiger partial charge < -0.3 is 11.1 Å². The lowest BCUT2D eigenvalue weighted by Gasteiger charge is -2.37. The maximum Gasteiger partial charge on any atom is 0.0432 e. The fourth-order valence-electron chi connectivity index (χ4n) is 3.65. The van der Waals surface area contributed by atoms with E-state index in [1.807, 2.05) is 12.1 Å². The highest BCUT2D eigenvalue weighted by Crippen LogP contribution is 2.48. The van der Waals surface area contributed by atoms with E-state index in [4.69, 9.17) is 5.73 Å². The number of fused-ring (bicyclic) bond motifs is 2. The van der Waals surface area contributed by atoms with Gasteiger partial charge >= 0.3 is 0 Å². The van der Waals surface area contributed by atoms with Crippen LogP contribution in [0.5, 0.6) is 0 Å². The van der Waals surface area contributed by atoms with Gasteiger partial charge in [0.15, 0.2) is 0 Å². The molecule has 0 atom stereocenters. The van der Waals surface area contributed by atoms with Crippen LogP contribution in [0.3, 0.4) is 0 Å². The highest BCUT2D eigenvalue weighted by Gasteiger charge is 2.34. The molecule has 0 radical (unpaired) electrons. The predicted octanol–water partition coefficient (Wildman–Crippen LogP) is 5.32. The monoisotopic (exact) mass is 300 g/mol. The first-order valence-corrected chi connectivity index (χ1v) is 7.93. The highest BCUT2D eigenvalue weighted by atomic mass is 14.9. The van der Waals surface area contributed by atoms with Crippen LogP contribution in [0.15, 0.2) is 66.7 Å². The number of benzene rings is 3. The van der Waals surface area contributed by atoms with E-state index in [0.717, 1.165) is 5.69 Å². The SMILES string of the molecule is CC1(C)c2ccccc2Nc2cccc(-c3ccc(N)cc3)c21. The van der Waals surface area contributed by atoms with Crippen LogP contribution in [-0.2, 0) is 5.41 Å². The second kappa shape index (κ2) is 4.88. The zero-order chi connectivity index (χ0) is 16.0. The van der Waals surface area contributed by atoms with Gasteiger partial charge in [-0.15, -0.1) is 0 Å². The zero-order valence-electron chi connectivity index (χ0n) is 13.4. The summed E-state index contributed by atoms with van der Waals surface area (Å²) in [5.41, 5.74) is 14.1. The third-order valence-corrected chi connectivity index (χ3v) is 4.78. The number of hydrogen-bond acceptors (Lipinski definition) is 2. The third-order valence-electron chi connectivity index (χ3n) is 4.78. The van der Waals surface area contributed by atoms with Crippen molar-refractivity contribution in [1.29, 1.82) is 0 Å². The van der Waals surface area contributed by atoms with E-state index >= 15 is 0 Å². The minimum atomic E-state index is -0.0604. The van der Waals surface area contributed by atoms with Crippen molar-refractivity contribution in [2.24, 2.45) is 0 Å². The van der Waals surface area contributed by atoms with Crippen LogP contribution in [-0.4, -0.2) is 0 Å². The fourth-order valence-corrected chi connectivity index (χ4v) is 3.65. The maximum atomic E-state index is 5.85. The summed E-state index contributed by atoms with van der Waals surface area (Å²) in [6.45, 7) is 4.60. The van der Waals surface area contributed by atoms with Crippen molar-refractivity contribution in [3.8, 4) is 11.1 Å². The van der Waals surface area contributed by atoms with Crippen LogP contribution in [0, 0.1) is 0 Å². The predicted molar refractivity (Wildman–Crippen MR) is 98.1 cm³/mol. The largest absolute Gasteiger partial charge is 0.399 e. The van der Waals surface area contributed by atoms with Crippen LogP contribution in [0.2, 0.25) is 0 Å². The first-order valence-electron chi connectivity index (χ1n) is 7.93. The van der Waals surface area contributed by atoms with E-state index in [1.54, 1.807) is 0 Å². The Morgan fingerprint density at radius 2 is 1.48 bits per heavy atom. The van der Waals surface area contributed by atoms with Gasteiger partial charge in [-0.3, -0.25) is 0 Å². The average Bonchev–Trinajstić information content (AvgIpc) is 2.55. The molecule has 1 heterocycles. The summed E-state index contributed by atoms with van der Waals surface area (Å²) in [6, 6.07) is 23.1. The van der Waals surface area contributed by atoms with E-state index in [0.29, 0.717) is 0 Å². The number of hydrogen-bond donors (Lipinski definition) is 2. The summed E-state index contributed by atoms with van der Waals surface area (Å²) < 4.78 is 0. The highest BCUT2D eigenvalue weighted by molar-refractivity contribution is 5.84. The second-order valence-corrected chi connectivity index (χ2v) is 6.65. The summed E-state index contributed by atoms with van der Waals surface area (Å²) in [6.07, 6.45) is 0. The molecule has 0 saturated heterocycles. The maximum absolute atomic E-state index is 5.85. The Morgan fingerprint density at radius 3 is 2.26 bits per heavy atom. The number of nitrogens with two attached hydrogens (primary N) is 1. The van der Waals surface area contributed by atoms with Crippen molar-refractivity contribution < 1.29 is 0 Å². The Labute approximate surface area is 137 Å². The van der Waals surface area contributed by atoms with Crippen molar-refractivity contribution in [3.05, 3.63) is 77.9 Å². The molecular formula is C21H20N2. The molecule has 114 valence electrons. The molecule has 0 amide bonds. The molecule has 3 aromatic carbocycles. The summed E-state index contributed by atoms with van der Waals surface area (Å²) >= 11 is 0. The first-order chi connectivity index (χ1) is 11.1. The van der Waals surface area contributed by atoms with Crippen LogP contribution in [0.1, 0.15) is 25.0 Å². The van der Waals surface area contributed by atoms with Crippen LogP contribution >= 0.6 is 0 Å². The van der Waals surface area contributed by atoms with Gasteiger partial charge in [0, 0.05) is 22.5 Å². The number of nitrogens with one attached hydrogen (secondary N) is 1. The summed E-state index contributed by atoms with van der Waals surface area (Å²) in [4.78, 5) is 0. The number of anilines is 3. The van der Waals surface area contributed by atoms with E-state index in [1.165, 1.54) is 33.6 Å². The van der Waals surface area contributed by atoms with E-state index in [2.05, 4.69) is 73.8 Å². The summed E-state index contributed by atoms with van der Waals surface area (Å²) in [5.74, 6) is 0. The van der Waals surface area contributed by atoms with Crippen molar-refractivity contribution in [1.82, 2.24) is 0 Å². The molecule has 0 unspecified atom stereocenters. The van der Waals surface area contributed by atoms with Crippen LogP contribution < -0.4 is 11.1 Å². The second-order valence-electron chi connectivity index (χ2n) is 6.65. The molecule has 4 rings (SSSR count). The van der Waals surface area contributed by atoms with Gasteiger partial charge in [0.2, 0.25) is 0 Å². The van der Waals surface area contributed by atoms with E-state index < -0.39 is 0 Å². The third kappa shape index (κ3) is 2.10. The minimum absolute atomic E-state index is 0.0604. The van der Waals surface area contributed by atoms with Gasteiger partial charge in [0.1, 0.15) is 0 Å². The summed E-state index contributed by atoms with van der Waals surface area (Å²) in [5, 5.41) is 3.59. The van der Waals surface area contributed by atoms with Crippen LogP contribution in [0.25, 0.3) is 11.1 Å². The van der Waals surface area contributed by atoms with E-state index in [-0.39, 0.29) is 5.41 Å². The van der Waals surface area contributed by atoms with Crippen molar-refractivity contribution in [3.63, 3.8) is 0 Å². The topological polar surface area (TPSA) is 38.0 Å². The minimum Gasteiger partial charge on any atom is -0.399 e. The van der Waals surface area contributed by atoms with Gasteiger partial charge in [0.05, 0.1) is 0 Å². The van der Waals surface area contributed by atoms with Crippen molar-refractivity contribution >= 4 is 17.1 Å². The normalized spacial score (nSPS) is 14.5. The molecule has 0 aliphatic carbocycles. The molecular weight excluding hydrogens is 280 g/mol. The molecule has 1 aliphatic rings. The molecule has 3 aromatic rings. The summed E-state index contributed by atoms with van der Waals surface area (Å²) in [7, 11) is 0. The van der Waals surface area contributed by atoms with Crippen molar-refractivity contribution in [2.45, 2.75) is 19.3 Å². The molecule has 1 aliphatic heterocycles. The number of para-hydroxylation sites is 1. The Bertz CT molecular complexity index is 877. The molecule has 0 aromatic heterocycles. The quantitative estimate of drug-likeness (QED) is 0.597. The molecule has 23 heavy (non-hydrogen) atoms. The average molecular weight is 300 g/mol. The number of rotatable bonds is 1. The van der Waals surface area contributed by atoms with Gasteiger partial charge in [-0.1, -0.05) is 56.3 Å². The standard InChI is InChI=1S/C21H20N2/c1-21(2)17-7-3-4-8-18(17)23-19-9-5-6-16(20(19)21)14-10-12-15(22)13-11-14/h3-13,23H,22H2,1-2H3. The first kappa shape index (κ1) is 13.9. The van der Waals surface area contributed by atoms with Gasteiger partial charge in [-0.05, 0) is 46.5 Å². The van der Waals surface area contributed by atoms with E-state index in [9.17, 15) is 0 Å². The molecule has 3 N–H and O–H groups in total. The van der Waals surface area contributed by atoms with Gasteiger partial charge in [-0.25, -0.2) is 0 Å². The smallest absolute Gasteiger partial charge is 0.0432 e. The molecule has 0 spiro atoms. The molecule has 0 fully saturated rings. The molecule has 2 heteroatoms. The molecule has 2 nitrogen and oxygen atoms in total. The van der Waals surface area contributed by atoms with Gasteiger partial charge in [-0.2, -0.15) is 0 Å². The Kier molecular flexibility index (Phi) is 2.95.